The topological polar surface area (TPSA) is 83.6 Å². The number of hydrogen-bond donors (Lipinski definition) is 1. The Morgan fingerprint density at radius 2 is 1.86 bits per heavy atom. The highest BCUT2D eigenvalue weighted by atomic mass is 16.5. The summed E-state index contributed by atoms with van der Waals surface area (Å²) in [5.41, 5.74) is 2.21. The number of benzene rings is 1. The number of amides is 1. The first kappa shape index (κ1) is 14.8. The average molecular weight is 288 g/mol. The van der Waals surface area contributed by atoms with Crippen LogP contribution in [0.1, 0.15) is 28.6 Å². The Bertz CT molecular complexity index is 644. The SMILES string of the molecule is Cc1cccc(C)c1N(C(=O)c1ccno1)C(C)C(=O)O. The molecule has 2 aromatic rings. The molecule has 2 rings (SSSR count). The van der Waals surface area contributed by atoms with Crippen molar-refractivity contribution in [2.45, 2.75) is 26.8 Å². The van der Waals surface area contributed by atoms with E-state index >= 15 is 0 Å². The van der Waals surface area contributed by atoms with Crippen LogP contribution >= 0.6 is 0 Å². The van der Waals surface area contributed by atoms with E-state index in [1.165, 1.54) is 24.1 Å². The highest BCUT2D eigenvalue weighted by molar-refractivity contribution is 6.08. The van der Waals surface area contributed by atoms with Crippen molar-refractivity contribution in [2.75, 3.05) is 4.90 Å². The minimum absolute atomic E-state index is 0.00533. The van der Waals surface area contributed by atoms with Gasteiger partial charge in [0, 0.05) is 6.07 Å². The summed E-state index contributed by atoms with van der Waals surface area (Å²) in [7, 11) is 0. The molecule has 6 nitrogen and oxygen atoms in total. The molecule has 0 fully saturated rings. The fourth-order valence-corrected chi connectivity index (χ4v) is 2.21. The van der Waals surface area contributed by atoms with Crippen LogP contribution in [0, 0.1) is 13.8 Å². The molecule has 110 valence electrons. The third kappa shape index (κ3) is 2.79. The Labute approximate surface area is 122 Å². The second-order valence-electron chi connectivity index (χ2n) is 4.81. The quantitative estimate of drug-likeness (QED) is 0.934. The highest BCUT2D eigenvalue weighted by Gasteiger charge is 2.31. The molecule has 0 saturated heterocycles. The van der Waals surface area contributed by atoms with Crippen LogP contribution in [-0.2, 0) is 4.79 Å². The van der Waals surface area contributed by atoms with Gasteiger partial charge in [0.25, 0.3) is 5.91 Å². The number of aromatic nitrogens is 1. The Balaban J connectivity index is 2.56. The fourth-order valence-electron chi connectivity index (χ4n) is 2.21. The number of carbonyl (C=O) groups is 2. The van der Waals surface area contributed by atoms with E-state index in [0.29, 0.717) is 5.69 Å². The second kappa shape index (κ2) is 5.78. The van der Waals surface area contributed by atoms with E-state index in [9.17, 15) is 14.7 Å². The smallest absolute Gasteiger partial charge is 0.326 e. The predicted molar refractivity (Wildman–Crippen MR) is 76.3 cm³/mol. The molecule has 6 heteroatoms. The zero-order valence-electron chi connectivity index (χ0n) is 12.0. The van der Waals surface area contributed by atoms with Crippen molar-refractivity contribution in [3.63, 3.8) is 0 Å². The van der Waals surface area contributed by atoms with Gasteiger partial charge < -0.3 is 9.63 Å². The summed E-state index contributed by atoms with van der Waals surface area (Å²) in [6.45, 7) is 5.12. The minimum atomic E-state index is -1.09. The molecular formula is C15H16N2O4. The number of aryl methyl sites for hydroxylation is 2. The van der Waals surface area contributed by atoms with Crippen molar-refractivity contribution >= 4 is 17.6 Å². The molecule has 1 amide bonds. The lowest BCUT2D eigenvalue weighted by molar-refractivity contribution is -0.138. The number of carbonyl (C=O) groups excluding carboxylic acids is 1. The summed E-state index contributed by atoms with van der Waals surface area (Å²) in [6, 6.07) is 5.91. The lowest BCUT2D eigenvalue weighted by Gasteiger charge is -2.28. The van der Waals surface area contributed by atoms with Gasteiger partial charge in [-0.15, -0.1) is 0 Å². The van der Waals surface area contributed by atoms with Crippen molar-refractivity contribution < 1.29 is 19.2 Å². The number of carboxylic acid groups (broad SMARTS) is 1. The molecular weight excluding hydrogens is 272 g/mol. The number of nitrogens with zero attached hydrogens (tertiary/aromatic N) is 2. The zero-order valence-corrected chi connectivity index (χ0v) is 12.0. The van der Waals surface area contributed by atoms with Crippen molar-refractivity contribution in [1.82, 2.24) is 5.16 Å². The average Bonchev–Trinajstić information content (AvgIpc) is 2.95. The summed E-state index contributed by atoms with van der Waals surface area (Å²) in [5.74, 6) is -1.61. The first-order valence-corrected chi connectivity index (χ1v) is 6.46. The Morgan fingerprint density at radius 1 is 1.24 bits per heavy atom. The molecule has 0 spiro atoms. The van der Waals surface area contributed by atoms with Gasteiger partial charge in [0.05, 0.1) is 11.9 Å². The van der Waals surface area contributed by atoms with Gasteiger partial charge in [0.2, 0.25) is 5.76 Å². The number of hydrogen-bond acceptors (Lipinski definition) is 4. The van der Waals surface area contributed by atoms with E-state index in [2.05, 4.69) is 5.16 Å². The van der Waals surface area contributed by atoms with Gasteiger partial charge in [0.15, 0.2) is 0 Å². The van der Waals surface area contributed by atoms with Crippen LogP contribution in [0.3, 0.4) is 0 Å². The lowest BCUT2D eigenvalue weighted by Crippen LogP contribution is -2.44. The van der Waals surface area contributed by atoms with Crippen LogP contribution in [0.4, 0.5) is 5.69 Å². The van der Waals surface area contributed by atoms with Crippen LogP contribution < -0.4 is 4.90 Å². The van der Waals surface area contributed by atoms with Gasteiger partial charge in [0.1, 0.15) is 6.04 Å². The molecule has 0 aliphatic rings. The van der Waals surface area contributed by atoms with Crippen LogP contribution in [-0.4, -0.2) is 28.2 Å². The van der Waals surface area contributed by atoms with Crippen molar-refractivity contribution in [1.29, 1.82) is 0 Å². The van der Waals surface area contributed by atoms with E-state index in [1.54, 1.807) is 0 Å². The molecule has 1 unspecified atom stereocenters. The van der Waals surface area contributed by atoms with Crippen molar-refractivity contribution in [3.8, 4) is 0 Å². The second-order valence-corrected chi connectivity index (χ2v) is 4.81. The van der Waals surface area contributed by atoms with Gasteiger partial charge in [-0.3, -0.25) is 9.69 Å². The molecule has 0 saturated carbocycles. The molecule has 0 aliphatic heterocycles. The molecule has 1 aromatic carbocycles. The van der Waals surface area contributed by atoms with Crippen molar-refractivity contribution in [2.24, 2.45) is 0 Å². The lowest BCUT2D eigenvalue weighted by atomic mass is 10.1. The van der Waals surface area contributed by atoms with Gasteiger partial charge in [-0.25, -0.2) is 4.79 Å². The predicted octanol–water partition coefficient (Wildman–Crippen LogP) is 2.41. The van der Waals surface area contributed by atoms with Gasteiger partial charge in [-0.2, -0.15) is 0 Å². The summed E-state index contributed by atoms with van der Waals surface area (Å²) in [6.07, 6.45) is 1.35. The Kier molecular flexibility index (Phi) is 4.07. The van der Waals surface area contributed by atoms with E-state index in [4.69, 9.17) is 4.52 Å². The Morgan fingerprint density at radius 3 is 2.33 bits per heavy atom. The molecule has 21 heavy (non-hydrogen) atoms. The minimum Gasteiger partial charge on any atom is -0.480 e. The van der Waals surface area contributed by atoms with E-state index in [1.807, 2.05) is 32.0 Å². The largest absolute Gasteiger partial charge is 0.480 e. The molecule has 1 N–H and O–H groups in total. The molecule has 0 aliphatic carbocycles. The molecule has 1 atom stereocenters. The number of carboxylic acids is 1. The van der Waals surface area contributed by atoms with Gasteiger partial charge in [-0.1, -0.05) is 23.4 Å². The standard InChI is InChI=1S/C15H16N2O4/c1-9-5-4-6-10(2)13(9)17(11(3)15(19)20)14(18)12-7-8-16-21-12/h4-8,11H,1-3H3,(H,19,20). The van der Waals surface area contributed by atoms with Gasteiger partial charge >= 0.3 is 5.97 Å². The summed E-state index contributed by atoms with van der Waals surface area (Å²) < 4.78 is 4.87. The van der Waals surface area contributed by atoms with Crippen LogP contribution in [0.5, 0.6) is 0 Å². The van der Waals surface area contributed by atoms with E-state index in [0.717, 1.165) is 11.1 Å². The summed E-state index contributed by atoms with van der Waals surface area (Å²) in [4.78, 5) is 25.2. The van der Waals surface area contributed by atoms with Crippen LogP contribution in [0.25, 0.3) is 0 Å². The first-order chi connectivity index (χ1) is 9.93. The van der Waals surface area contributed by atoms with Gasteiger partial charge in [-0.05, 0) is 31.9 Å². The third-order valence-corrected chi connectivity index (χ3v) is 3.29. The number of rotatable bonds is 4. The number of anilines is 1. The molecule has 0 radical (unpaired) electrons. The first-order valence-electron chi connectivity index (χ1n) is 6.46. The van der Waals surface area contributed by atoms with E-state index in [-0.39, 0.29) is 5.76 Å². The van der Waals surface area contributed by atoms with Crippen LogP contribution in [0.2, 0.25) is 0 Å². The molecule has 1 aromatic heterocycles. The summed E-state index contributed by atoms with van der Waals surface area (Å²) in [5, 5.41) is 12.8. The highest BCUT2D eigenvalue weighted by Crippen LogP contribution is 2.28. The maximum Gasteiger partial charge on any atom is 0.326 e. The molecule has 1 heterocycles. The summed E-state index contributed by atoms with van der Waals surface area (Å²) >= 11 is 0. The monoisotopic (exact) mass is 288 g/mol. The Hall–Kier alpha value is -2.63. The fraction of sp³-hybridized carbons (Fsp3) is 0.267. The maximum atomic E-state index is 12.6. The molecule has 0 bridgehead atoms. The third-order valence-electron chi connectivity index (χ3n) is 3.29. The maximum absolute atomic E-state index is 12.6. The normalized spacial score (nSPS) is 12.0. The zero-order chi connectivity index (χ0) is 15.6. The van der Waals surface area contributed by atoms with Crippen LogP contribution in [0.15, 0.2) is 35.0 Å². The van der Waals surface area contributed by atoms with E-state index < -0.39 is 17.9 Å². The number of aliphatic carboxylic acids is 1. The van der Waals surface area contributed by atoms with Crippen molar-refractivity contribution in [3.05, 3.63) is 47.3 Å². The number of para-hydroxylation sites is 1.